The van der Waals surface area contributed by atoms with E-state index >= 15 is 0 Å². The van der Waals surface area contributed by atoms with Crippen LogP contribution in [0.5, 0.6) is 0 Å². The number of nitrogens with zero attached hydrogens (tertiary/aromatic N) is 2. The molecule has 0 saturated heterocycles. The number of phosphoric ester groups is 1. The quantitative estimate of drug-likeness (QED) is 0.0705. The lowest BCUT2D eigenvalue weighted by molar-refractivity contribution is -0.979. The van der Waals surface area contributed by atoms with Gasteiger partial charge in [-0.3, -0.25) is 4.48 Å². The van der Waals surface area contributed by atoms with Crippen molar-refractivity contribution in [3.8, 4) is 0 Å². The van der Waals surface area contributed by atoms with Crippen molar-refractivity contribution in [1.82, 2.24) is 0 Å². The Morgan fingerprint density at radius 1 is 0.636 bits per heavy atom. The number of hydrogen-bond acceptors (Lipinski definition) is 2. The summed E-state index contributed by atoms with van der Waals surface area (Å²) in [6.45, 7) is 6.97. The van der Waals surface area contributed by atoms with Gasteiger partial charge in [-0.05, 0) is 25.7 Å². The summed E-state index contributed by atoms with van der Waals surface area (Å²) in [6, 6.07) is 0. The van der Waals surface area contributed by atoms with Gasteiger partial charge in [0.25, 0.3) is 6.23 Å². The van der Waals surface area contributed by atoms with E-state index < -0.39 is 14.1 Å². The summed E-state index contributed by atoms with van der Waals surface area (Å²) >= 11 is 0. The molecule has 0 amide bonds. The third-order valence-corrected chi connectivity index (χ3v) is 7.41. The predicted octanol–water partition coefficient (Wildman–Crippen LogP) is 6.86. The van der Waals surface area contributed by atoms with Gasteiger partial charge < -0.3 is 14.3 Å². The van der Waals surface area contributed by atoms with E-state index in [0.717, 1.165) is 30.4 Å². The van der Waals surface area contributed by atoms with Crippen molar-refractivity contribution in [2.75, 3.05) is 47.8 Å². The topological polar surface area (TPSA) is 66.8 Å². The highest BCUT2D eigenvalue weighted by Gasteiger charge is 2.39. The van der Waals surface area contributed by atoms with Crippen LogP contribution in [-0.2, 0) is 9.09 Å². The van der Waals surface area contributed by atoms with E-state index in [9.17, 15) is 14.4 Å². The van der Waals surface area contributed by atoms with Crippen LogP contribution in [0, 0.1) is 0 Å². The summed E-state index contributed by atoms with van der Waals surface area (Å²) in [6.07, 6.45) is 19.8. The van der Waals surface area contributed by atoms with Crippen molar-refractivity contribution >= 4 is 7.82 Å². The Kier molecular flexibility index (Phi) is 18.3. The summed E-state index contributed by atoms with van der Waals surface area (Å²) in [5.74, 6) is 0. The first kappa shape index (κ1) is 33.0. The van der Waals surface area contributed by atoms with Gasteiger partial charge in [-0.25, -0.2) is 9.09 Å². The fraction of sp³-hybridized carbons (Fsp3) is 1.00. The molecule has 0 spiro atoms. The summed E-state index contributed by atoms with van der Waals surface area (Å²) < 4.78 is 18.3. The molecule has 2 N–H and O–H groups in total. The van der Waals surface area contributed by atoms with Crippen LogP contribution in [0.2, 0.25) is 0 Å². The third kappa shape index (κ3) is 20.0. The van der Waals surface area contributed by atoms with Crippen molar-refractivity contribution in [1.29, 1.82) is 0 Å². The molecule has 7 heteroatoms. The van der Waals surface area contributed by atoms with Crippen LogP contribution in [0.3, 0.4) is 0 Å². The Bertz CT molecular complexity index is 509. The summed E-state index contributed by atoms with van der Waals surface area (Å²) in [4.78, 5) is 19.1. The third-order valence-electron chi connectivity index (χ3n) is 6.89. The van der Waals surface area contributed by atoms with Crippen LogP contribution in [0.4, 0.5) is 0 Å². The highest BCUT2D eigenvalue weighted by molar-refractivity contribution is 7.46. The van der Waals surface area contributed by atoms with E-state index in [0.29, 0.717) is 11.0 Å². The average molecular weight is 495 g/mol. The van der Waals surface area contributed by atoms with Gasteiger partial charge in [-0.1, -0.05) is 90.9 Å². The van der Waals surface area contributed by atoms with Crippen LogP contribution in [-0.4, -0.2) is 72.8 Å². The molecule has 0 rings (SSSR count). The van der Waals surface area contributed by atoms with Crippen molar-refractivity contribution in [2.45, 2.75) is 123 Å². The highest BCUT2D eigenvalue weighted by atomic mass is 31.2. The van der Waals surface area contributed by atoms with Gasteiger partial charge >= 0.3 is 7.82 Å². The number of hydrogen-bond donors (Lipinski definition) is 2. The summed E-state index contributed by atoms with van der Waals surface area (Å²) in [5.41, 5.74) is 0. The second-order valence-electron chi connectivity index (χ2n) is 11.3. The predicted molar refractivity (Wildman–Crippen MR) is 141 cm³/mol. The lowest BCUT2D eigenvalue weighted by Crippen LogP contribution is -2.59. The molecule has 1 atom stereocenters. The van der Waals surface area contributed by atoms with Crippen LogP contribution in [0.25, 0.3) is 0 Å². The molecule has 0 radical (unpaired) electrons. The monoisotopic (exact) mass is 494 g/mol. The van der Waals surface area contributed by atoms with Crippen LogP contribution < -0.4 is 0 Å². The number of likely N-dealkylation sites (N-methyl/N-ethyl adjacent to an activating group) is 2. The van der Waals surface area contributed by atoms with Gasteiger partial charge in [0.05, 0.1) is 41.3 Å². The zero-order valence-electron chi connectivity index (χ0n) is 23.1. The molecule has 0 aliphatic rings. The first-order chi connectivity index (χ1) is 15.4. The molecule has 0 aliphatic heterocycles. The molecule has 6 nitrogen and oxygen atoms in total. The minimum Gasteiger partial charge on any atom is -0.321 e. The molecule has 33 heavy (non-hydrogen) atoms. The van der Waals surface area contributed by atoms with Crippen molar-refractivity contribution in [2.24, 2.45) is 0 Å². The van der Waals surface area contributed by atoms with Crippen LogP contribution in [0.1, 0.15) is 117 Å². The maximum Gasteiger partial charge on any atom is 0.474 e. The van der Waals surface area contributed by atoms with Crippen molar-refractivity contribution in [3.63, 3.8) is 0 Å². The van der Waals surface area contributed by atoms with E-state index in [4.69, 9.17) is 4.52 Å². The molecule has 0 fully saturated rings. The number of rotatable bonds is 23. The van der Waals surface area contributed by atoms with Crippen LogP contribution in [0.15, 0.2) is 0 Å². The van der Waals surface area contributed by atoms with Gasteiger partial charge in [0.2, 0.25) is 0 Å². The fourth-order valence-electron chi connectivity index (χ4n) is 4.53. The molecule has 0 aliphatic carbocycles. The smallest absolute Gasteiger partial charge is 0.321 e. The molecule has 0 saturated carbocycles. The first-order valence-electron chi connectivity index (χ1n) is 13.8. The van der Waals surface area contributed by atoms with Gasteiger partial charge in [-0.15, -0.1) is 0 Å². The lowest BCUT2D eigenvalue weighted by Gasteiger charge is -2.41. The second-order valence-corrected chi connectivity index (χ2v) is 12.5. The van der Waals surface area contributed by atoms with Crippen LogP contribution >= 0.6 is 7.82 Å². The zero-order valence-corrected chi connectivity index (χ0v) is 24.0. The molecule has 0 aromatic rings. The molecular weight excluding hydrogens is 435 g/mol. The molecule has 0 aromatic carbocycles. The SMILES string of the molecule is CCCCCCCCCC[N+](C)(C)CC(OP(=O)(O)O)[N+](C)(C)CCCCCCCCCC. The van der Waals surface area contributed by atoms with Gasteiger partial charge in [0.15, 0.2) is 6.54 Å². The highest BCUT2D eigenvalue weighted by Crippen LogP contribution is 2.39. The Labute approximate surface area is 206 Å². The molecule has 200 valence electrons. The molecule has 1 unspecified atom stereocenters. The maximum absolute atomic E-state index is 11.7. The Morgan fingerprint density at radius 2 is 1.00 bits per heavy atom. The van der Waals surface area contributed by atoms with Gasteiger partial charge in [0.1, 0.15) is 0 Å². The van der Waals surface area contributed by atoms with Crippen molar-refractivity contribution < 1.29 is 27.8 Å². The Hall–Kier alpha value is 0.0300. The van der Waals surface area contributed by atoms with Gasteiger partial charge in [-0.2, -0.15) is 0 Å². The van der Waals surface area contributed by atoms with E-state index in [1.165, 1.54) is 89.9 Å². The average Bonchev–Trinajstić information content (AvgIpc) is 2.70. The fourth-order valence-corrected chi connectivity index (χ4v) is 5.16. The zero-order chi connectivity index (χ0) is 25.2. The normalized spacial score (nSPS) is 14.1. The van der Waals surface area contributed by atoms with Gasteiger partial charge in [0, 0.05) is 0 Å². The number of unbranched alkanes of at least 4 members (excludes halogenated alkanes) is 14. The van der Waals surface area contributed by atoms with E-state index in [1.54, 1.807) is 0 Å². The van der Waals surface area contributed by atoms with Crippen molar-refractivity contribution in [3.05, 3.63) is 0 Å². The second kappa shape index (κ2) is 18.3. The Balaban J connectivity index is 4.53. The largest absolute Gasteiger partial charge is 0.474 e. The molecular formula is C26H59N2O4P+2. The van der Waals surface area contributed by atoms with E-state index in [2.05, 4.69) is 42.0 Å². The first-order valence-corrected chi connectivity index (χ1v) is 15.3. The minimum atomic E-state index is -4.54. The maximum atomic E-state index is 11.7. The minimum absolute atomic E-state index is 0.486. The van der Waals surface area contributed by atoms with E-state index in [1.807, 2.05) is 0 Å². The molecule has 0 aromatic heterocycles. The molecule has 0 heterocycles. The lowest BCUT2D eigenvalue weighted by atomic mass is 10.1. The number of quaternary nitrogens is 2. The Morgan fingerprint density at radius 3 is 1.39 bits per heavy atom. The summed E-state index contributed by atoms with van der Waals surface area (Å²) in [7, 11) is 3.89. The summed E-state index contributed by atoms with van der Waals surface area (Å²) in [5, 5.41) is 0. The van der Waals surface area contributed by atoms with E-state index in [-0.39, 0.29) is 0 Å². The standard InChI is InChI=1S/C26H57N2O4P/c1-7-9-11-13-15-17-19-21-23-27(3,4)25-26(32-33(29,30)31)28(5,6)24-22-20-18-16-14-12-10-8-2/h26H,7-25H2,1-6H3/p+2. The molecule has 0 bridgehead atoms. The number of phosphoric acid groups is 1.